The van der Waals surface area contributed by atoms with Gasteiger partial charge in [0.05, 0.1) is 6.42 Å². The van der Waals surface area contributed by atoms with Crippen molar-refractivity contribution in [1.82, 2.24) is 5.32 Å². The SMILES string of the molecule is C\C=C/C=C1/CC(=O)NC/C1=C/C. The molecule has 1 saturated heterocycles. The molecule has 1 heterocycles. The van der Waals surface area contributed by atoms with E-state index in [4.69, 9.17) is 0 Å². The van der Waals surface area contributed by atoms with Crippen molar-refractivity contribution >= 4 is 5.91 Å². The Morgan fingerprint density at radius 2 is 2.08 bits per heavy atom. The van der Waals surface area contributed by atoms with E-state index in [9.17, 15) is 4.79 Å². The summed E-state index contributed by atoms with van der Waals surface area (Å²) in [5.41, 5.74) is 2.35. The molecule has 70 valence electrons. The first kappa shape index (κ1) is 9.78. The predicted molar refractivity (Wildman–Crippen MR) is 54.3 cm³/mol. The topological polar surface area (TPSA) is 29.1 Å². The Labute approximate surface area is 79.0 Å². The Bertz CT molecular complexity index is 284. The van der Waals surface area contributed by atoms with Gasteiger partial charge in [-0.15, -0.1) is 0 Å². The molecule has 0 atom stereocenters. The average Bonchev–Trinajstić information content (AvgIpc) is 2.15. The summed E-state index contributed by atoms with van der Waals surface area (Å²) in [6.07, 6.45) is 8.50. The lowest BCUT2D eigenvalue weighted by atomic mass is 9.98. The molecule has 1 aliphatic rings. The minimum atomic E-state index is 0.112. The third-order valence-corrected chi connectivity index (χ3v) is 2.08. The predicted octanol–water partition coefficient (Wildman–Crippen LogP) is 1.96. The molecule has 1 fully saturated rings. The molecule has 0 aliphatic carbocycles. The van der Waals surface area contributed by atoms with Crippen molar-refractivity contribution < 1.29 is 4.79 Å². The van der Waals surface area contributed by atoms with Gasteiger partial charge in [0.25, 0.3) is 0 Å². The maximum absolute atomic E-state index is 11.1. The van der Waals surface area contributed by atoms with Gasteiger partial charge in [-0.05, 0) is 25.0 Å². The van der Waals surface area contributed by atoms with Crippen LogP contribution in [0.4, 0.5) is 0 Å². The number of piperidine rings is 1. The molecule has 0 aromatic carbocycles. The second kappa shape index (κ2) is 4.65. The van der Waals surface area contributed by atoms with Crippen LogP contribution in [0.3, 0.4) is 0 Å². The smallest absolute Gasteiger partial charge is 0.224 e. The number of nitrogens with one attached hydrogen (secondary N) is 1. The maximum atomic E-state index is 11.1. The van der Waals surface area contributed by atoms with Gasteiger partial charge in [0.2, 0.25) is 5.91 Å². The lowest BCUT2D eigenvalue weighted by Gasteiger charge is -2.18. The average molecular weight is 177 g/mol. The summed E-state index contributed by atoms with van der Waals surface area (Å²) in [6, 6.07) is 0. The third kappa shape index (κ3) is 2.58. The van der Waals surface area contributed by atoms with E-state index in [1.54, 1.807) is 0 Å². The van der Waals surface area contributed by atoms with Gasteiger partial charge in [0.15, 0.2) is 0 Å². The zero-order chi connectivity index (χ0) is 9.68. The van der Waals surface area contributed by atoms with Crippen molar-refractivity contribution in [2.75, 3.05) is 6.54 Å². The first-order valence-electron chi connectivity index (χ1n) is 4.52. The largest absolute Gasteiger partial charge is 0.352 e. The quantitative estimate of drug-likeness (QED) is 0.651. The van der Waals surface area contributed by atoms with E-state index in [2.05, 4.69) is 11.4 Å². The highest BCUT2D eigenvalue weighted by molar-refractivity contribution is 5.82. The van der Waals surface area contributed by atoms with Crippen LogP contribution in [0.25, 0.3) is 0 Å². The molecule has 0 radical (unpaired) electrons. The highest BCUT2D eigenvalue weighted by atomic mass is 16.1. The first-order valence-corrected chi connectivity index (χ1v) is 4.52. The number of hydrogen-bond donors (Lipinski definition) is 1. The van der Waals surface area contributed by atoms with Crippen LogP contribution in [0.5, 0.6) is 0 Å². The fourth-order valence-corrected chi connectivity index (χ4v) is 1.32. The van der Waals surface area contributed by atoms with Gasteiger partial charge in [0, 0.05) is 6.54 Å². The summed E-state index contributed by atoms with van der Waals surface area (Å²) in [5, 5.41) is 2.82. The van der Waals surface area contributed by atoms with E-state index in [1.807, 2.05) is 32.1 Å². The van der Waals surface area contributed by atoms with Crippen molar-refractivity contribution in [3.05, 3.63) is 35.5 Å². The van der Waals surface area contributed by atoms with Crippen LogP contribution >= 0.6 is 0 Å². The van der Waals surface area contributed by atoms with E-state index < -0.39 is 0 Å². The van der Waals surface area contributed by atoms with Crippen LogP contribution in [-0.4, -0.2) is 12.5 Å². The Morgan fingerprint density at radius 3 is 2.69 bits per heavy atom. The lowest BCUT2D eigenvalue weighted by Crippen LogP contribution is -2.31. The molecule has 0 aromatic rings. The second-order valence-electron chi connectivity index (χ2n) is 2.99. The molecule has 1 aliphatic heterocycles. The van der Waals surface area contributed by atoms with Crippen molar-refractivity contribution in [2.45, 2.75) is 20.3 Å². The molecule has 1 rings (SSSR count). The Balaban J connectivity index is 2.83. The zero-order valence-corrected chi connectivity index (χ0v) is 8.13. The molecule has 1 amide bonds. The van der Waals surface area contributed by atoms with E-state index in [-0.39, 0.29) is 5.91 Å². The molecular weight excluding hydrogens is 162 g/mol. The highest BCUT2D eigenvalue weighted by Crippen LogP contribution is 2.17. The summed E-state index contributed by atoms with van der Waals surface area (Å²) < 4.78 is 0. The van der Waals surface area contributed by atoms with Crippen LogP contribution in [0.2, 0.25) is 0 Å². The van der Waals surface area contributed by atoms with Crippen LogP contribution in [0, 0.1) is 0 Å². The summed E-state index contributed by atoms with van der Waals surface area (Å²) >= 11 is 0. The third-order valence-electron chi connectivity index (χ3n) is 2.08. The van der Waals surface area contributed by atoms with Crippen LogP contribution < -0.4 is 5.32 Å². The normalized spacial score (nSPS) is 24.3. The van der Waals surface area contributed by atoms with Crippen molar-refractivity contribution in [3.8, 4) is 0 Å². The number of carbonyl (C=O) groups excluding carboxylic acids is 1. The molecule has 0 saturated carbocycles. The van der Waals surface area contributed by atoms with Crippen LogP contribution in [-0.2, 0) is 4.79 Å². The molecule has 0 spiro atoms. The number of allylic oxidation sites excluding steroid dienone is 4. The standard InChI is InChI=1S/C11H15NO/c1-3-5-6-10-7-11(13)12-8-9(10)4-2/h3-6H,7-8H2,1-2H3,(H,12,13)/b5-3-,9-4-,10-6-. The van der Waals surface area contributed by atoms with E-state index >= 15 is 0 Å². The Kier molecular flexibility index (Phi) is 3.50. The lowest BCUT2D eigenvalue weighted by molar-refractivity contribution is -0.120. The van der Waals surface area contributed by atoms with Gasteiger partial charge in [-0.2, -0.15) is 0 Å². The Morgan fingerprint density at radius 1 is 1.31 bits per heavy atom. The molecule has 0 unspecified atom stereocenters. The fraction of sp³-hybridized carbons (Fsp3) is 0.364. The molecule has 0 aromatic heterocycles. The number of carbonyl (C=O) groups is 1. The summed E-state index contributed by atoms with van der Waals surface area (Å²) in [7, 11) is 0. The highest BCUT2D eigenvalue weighted by Gasteiger charge is 2.15. The first-order chi connectivity index (χ1) is 6.27. The van der Waals surface area contributed by atoms with Crippen molar-refractivity contribution in [2.24, 2.45) is 0 Å². The fourth-order valence-electron chi connectivity index (χ4n) is 1.32. The maximum Gasteiger partial charge on any atom is 0.224 e. The van der Waals surface area contributed by atoms with Gasteiger partial charge < -0.3 is 5.32 Å². The van der Waals surface area contributed by atoms with E-state index in [1.165, 1.54) is 5.57 Å². The minimum Gasteiger partial charge on any atom is -0.352 e. The van der Waals surface area contributed by atoms with Crippen molar-refractivity contribution in [3.63, 3.8) is 0 Å². The van der Waals surface area contributed by atoms with Gasteiger partial charge in [0.1, 0.15) is 0 Å². The second-order valence-corrected chi connectivity index (χ2v) is 2.99. The van der Waals surface area contributed by atoms with Crippen LogP contribution in [0.15, 0.2) is 35.5 Å². The molecule has 2 heteroatoms. The zero-order valence-electron chi connectivity index (χ0n) is 8.13. The summed E-state index contributed by atoms with van der Waals surface area (Å²) in [4.78, 5) is 11.1. The molecule has 13 heavy (non-hydrogen) atoms. The number of amides is 1. The molecule has 2 nitrogen and oxygen atoms in total. The monoisotopic (exact) mass is 177 g/mol. The van der Waals surface area contributed by atoms with Gasteiger partial charge in [-0.1, -0.05) is 24.3 Å². The van der Waals surface area contributed by atoms with Crippen LogP contribution in [0.1, 0.15) is 20.3 Å². The number of hydrogen-bond acceptors (Lipinski definition) is 1. The van der Waals surface area contributed by atoms with Gasteiger partial charge >= 0.3 is 0 Å². The summed E-state index contributed by atoms with van der Waals surface area (Å²) in [6.45, 7) is 4.63. The van der Waals surface area contributed by atoms with Gasteiger partial charge in [-0.3, -0.25) is 4.79 Å². The van der Waals surface area contributed by atoms with E-state index in [0.29, 0.717) is 13.0 Å². The summed E-state index contributed by atoms with van der Waals surface area (Å²) in [5.74, 6) is 0.112. The molecular formula is C11H15NO. The van der Waals surface area contributed by atoms with E-state index in [0.717, 1.165) is 5.57 Å². The molecule has 0 bridgehead atoms. The van der Waals surface area contributed by atoms with Crippen molar-refractivity contribution in [1.29, 1.82) is 0 Å². The van der Waals surface area contributed by atoms with Gasteiger partial charge in [-0.25, -0.2) is 0 Å². The Hall–Kier alpha value is -1.31. The minimum absolute atomic E-state index is 0.112. The number of rotatable bonds is 1. The molecule has 1 N–H and O–H groups in total.